The number of H-pyrrole nitrogens is 1. The second-order valence-electron chi connectivity index (χ2n) is 5.03. The third kappa shape index (κ3) is 1.64. The number of pyridine rings is 1. The van der Waals surface area contributed by atoms with E-state index in [1.165, 1.54) is 16.5 Å². The Morgan fingerprint density at radius 2 is 2.22 bits per heavy atom. The molecule has 0 spiro atoms. The number of rotatable bonds is 1. The number of fused-ring (bicyclic) bond motifs is 3. The summed E-state index contributed by atoms with van der Waals surface area (Å²) in [5.41, 5.74) is 5.52. The number of benzene rings is 1. The predicted molar refractivity (Wildman–Crippen MR) is 78.4 cm³/mol. The van der Waals surface area contributed by atoms with Gasteiger partial charge in [0.25, 0.3) is 5.56 Å². The van der Waals surface area contributed by atoms with Crippen LogP contribution in [-0.4, -0.2) is 19.4 Å². The molecule has 0 unspecified atom stereocenters. The van der Waals surface area contributed by atoms with E-state index in [-0.39, 0.29) is 5.56 Å². The molecule has 3 rings (SSSR count). The first-order valence-electron chi connectivity index (χ1n) is 6.63. The van der Waals surface area contributed by atoms with Crippen molar-refractivity contribution in [1.82, 2.24) is 4.98 Å². The van der Waals surface area contributed by atoms with E-state index in [0.717, 1.165) is 42.5 Å². The molecule has 3 nitrogen and oxygen atoms in total. The molecule has 0 aliphatic carbocycles. The van der Waals surface area contributed by atoms with Crippen molar-refractivity contribution in [3.8, 4) is 0 Å². The average Bonchev–Trinajstić information content (AvgIpc) is 2.38. The molecule has 1 aliphatic heterocycles. The largest absolute Gasteiger partial charge is 0.384 e. The molecule has 92 valence electrons. The van der Waals surface area contributed by atoms with Gasteiger partial charge in [0.2, 0.25) is 0 Å². The minimum Gasteiger partial charge on any atom is -0.384 e. The number of aryl methyl sites for hydroxylation is 1. The highest BCUT2D eigenvalue weighted by Crippen LogP contribution is 2.30. The Morgan fingerprint density at radius 3 is 3.00 bits per heavy atom. The van der Waals surface area contributed by atoms with Gasteiger partial charge in [0.05, 0.1) is 11.2 Å². The van der Waals surface area contributed by atoms with Crippen molar-refractivity contribution in [1.29, 1.82) is 0 Å². The summed E-state index contributed by atoms with van der Waals surface area (Å²) in [7, 11) is 2.13. The number of nitrogens with one attached hydrogen (secondary N) is 2. The molecule has 0 amide bonds. The van der Waals surface area contributed by atoms with E-state index in [2.05, 4.69) is 37.2 Å². The maximum absolute atomic E-state index is 12.1. The van der Waals surface area contributed by atoms with E-state index in [1.54, 1.807) is 0 Å². The van der Waals surface area contributed by atoms with Gasteiger partial charge in [-0.25, -0.2) is 0 Å². The minimum atomic E-state index is 0.0670. The molecule has 0 saturated heterocycles. The monoisotopic (exact) mass is 240 g/mol. The average molecular weight is 240 g/mol. The fourth-order valence-corrected chi connectivity index (χ4v) is 2.87. The first-order valence-corrected chi connectivity index (χ1v) is 6.63. The highest BCUT2D eigenvalue weighted by atomic mass is 16.1. The van der Waals surface area contributed by atoms with Gasteiger partial charge in [-0.3, -0.25) is 4.79 Å². The lowest BCUT2D eigenvalue weighted by molar-refractivity contribution is 0.820. The molecule has 2 aromatic rings. The Balaban J connectivity index is 2.41. The summed E-state index contributed by atoms with van der Waals surface area (Å²) < 4.78 is 0. The molecule has 2 N–H and O–H groups in total. The van der Waals surface area contributed by atoms with E-state index in [1.807, 2.05) is 0 Å². The van der Waals surface area contributed by atoms with Crippen LogP contribution >= 0.6 is 0 Å². The molecule has 18 heavy (non-hydrogen) atoms. The lowest BCUT2D eigenvalue weighted by Crippen LogP contribution is -2.22. The number of anilines is 1. The van der Waals surface area contributed by atoms with E-state index >= 15 is 0 Å². The summed E-state index contributed by atoms with van der Waals surface area (Å²) in [6.45, 7) is 3.08. The lowest BCUT2D eigenvalue weighted by Gasteiger charge is -2.20. The van der Waals surface area contributed by atoms with Crippen molar-refractivity contribution >= 4 is 24.4 Å². The van der Waals surface area contributed by atoms with Crippen LogP contribution < -0.4 is 10.9 Å². The van der Waals surface area contributed by atoms with E-state index in [9.17, 15) is 4.79 Å². The molecule has 2 heterocycles. The molecule has 1 aromatic carbocycles. The third-order valence-electron chi connectivity index (χ3n) is 3.78. The van der Waals surface area contributed by atoms with Crippen LogP contribution in [-0.2, 0) is 12.7 Å². The van der Waals surface area contributed by atoms with Gasteiger partial charge < -0.3 is 10.3 Å². The zero-order chi connectivity index (χ0) is 12.7. The van der Waals surface area contributed by atoms with Gasteiger partial charge in [-0.1, -0.05) is 17.9 Å². The van der Waals surface area contributed by atoms with Crippen LogP contribution in [0.4, 0.5) is 5.69 Å². The number of hydrogen-bond donors (Lipinski definition) is 2. The van der Waals surface area contributed by atoms with Crippen molar-refractivity contribution in [2.75, 3.05) is 11.9 Å². The second-order valence-corrected chi connectivity index (χ2v) is 5.03. The van der Waals surface area contributed by atoms with Crippen molar-refractivity contribution in [2.24, 2.45) is 0 Å². The molecule has 1 aromatic heterocycles. The summed E-state index contributed by atoms with van der Waals surface area (Å²) in [6.07, 6.45) is 2.90. The SMILES string of the molecule is BCc1cc(C)c2c3c(c(=O)[nH]c2c1)CCCN3. The molecular weight excluding hydrogens is 223 g/mol. The van der Waals surface area contributed by atoms with Crippen LogP contribution in [0.15, 0.2) is 16.9 Å². The number of aromatic amines is 1. The van der Waals surface area contributed by atoms with Gasteiger partial charge in [0, 0.05) is 17.5 Å². The fraction of sp³-hybridized carbons (Fsp3) is 0.357. The van der Waals surface area contributed by atoms with E-state index in [4.69, 9.17) is 0 Å². The van der Waals surface area contributed by atoms with E-state index < -0.39 is 0 Å². The normalized spacial score (nSPS) is 14.3. The topological polar surface area (TPSA) is 44.9 Å². The Kier molecular flexibility index (Phi) is 2.65. The third-order valence-corrected chi connectivity index (χ3v) is 3.78. The Hall–Kier alpha value is -1.71. The summed E-state index contributed by atoms with van der Waals surface area (Å²) in [4.78, 5) is 15.1. The van der Waals surface area contributed by atoms with Gasteiger partial charge in [-0.2, -0.15) is 0 Å². The van der Waals surface area contributed by atoms with E-state index in [0.29, 0.717) is 0 Å². The highest BCUT2D eigenvalue weighted by Gasteiger charge is 2.17. The minimum absolute atomic E-state index is 0.0670. The predicted octanol–water partition coefficient (Wildman–Crippen LogP) is 1.33. The molecule has 1 aliphatic rings. The maximum atomic E-state index is 12.1. The summed E-state index contributed by atoms with van der Waals surface area (Å²) in [5, 5.41) is 4.59. The van der Waals surface area contributed by atoms with Gasteiger partial charge >= 0.3 is 0 Å². The Morgan fingerprint density at radius 1 is 1.39 bits per heavy atom. The van der Waals surface area contributed by atoms with Gasteiger partial charge in [-0.05, 0) is 31.4 Å². The summed E-state index contributed by atoms with van der Waals surface area (Å²) in [6, 6.07) is 4.32. The molecule has 0 atom stereocenters. The fourth-order valence-electron chi connectivity index (χ4n) is 2.87. The molecule has 0 saturated carbocycles. The number of hydrogen-bond acceptors (Lipinski definition) is 2. The maximum Gasteiger partial charge on any atom is 0.253 e. The zero-order valence-corrected chi connectivity index (χ0v) is 10.9. The molecule has 0 bridgehead atoms. The smallest absolute Gasteiger partial charge is 0.253 e. The van der Waals surface area contributed by atoms with Crippen molar-refractivity contribution in [2.45, 2.75) is 26.1 Å². The van der Waals surface area contributed by atoms with Crippen molar-refractivity contribution in [3.63, 3.8) is 0 Å². The van der Waals surface area contributed by atoms with Crippen LogP contribution in [0.1, 0.15) is 23.1 Å². The number of aromatic nitrogens is 1. The van der Waals surface area contributed by atoms with Crippen LogP contribution in [0.25, 0.3) is 10.9 Å². The van der Waals surface area contributed by atoms with Gasteiger partial charge in [0.1, 0.15) is 7.85 Å². The second kappa shape index (κ2) is 4.20. The van der Waals surface area contributed by atoms with Crippen LogP contribution in [0, 0.1) is 6.92 Å². The Labute approximate surface area is 107 Å². The quantitative estimate of drug-likeness (QED) is 0.738. The van der Waals surface area contributed by atoms with Gasteiger partial charge in [-0.15, -0.1) is 0 Å². The zero-order valence-electron chi connectivity index (χ0n) is 10.9. The first kappa shape index (κ1) is 11.4. The van der Waals surface area contributed by atoms with Crippen molar-refractivity contribution < 1.29 is 0 Å². The van der Waals surface area contributed by atoms with Crippen LogP contribution in [0.2, 0.25) is 0 Å². The standard InChI is InChI=1S/C14H17BN2O/c1-8-5-9(7-15)6-11-12(8)13-10(14(18)17-11)3-2-4-16-13/h5-6,16H,2-4,7,15H2,1H3,(H,17,18). The summed E-state index contributed by atoms with van der Waals surface area (Å²) in [5.74, 6) is 0. The highest BCUT2D eigenvalue weighted by molar-refractivity contribution is 6.08. The Bertz CT molecular complexity index is 676. The molecule has 0 fully saturated rings. The molecular formula is C14H17BN2O. The van der Waals surface area contributed by atoms with Gasteiger partial charge in [0.15, 0.2) is 0 Å². The molecule has 4 heteroatoms. The lowest BCUT2D eigenvalue weighted by atomic mass is 9.92. The van der Waals surface area contributed by atoms with Crippen LogP contribution in [0.3, 0.4) is 0 Å². The van der Waals surface area contributed by atoms with Crippen LogP contribution in [0.5, 0.6) is 0 Å². The summed E-state index contributed by atoms with van der Waals surface area (Å²) >= 11 is 0. The molecule has 0 radical (unpaired) electrons. The first-order chi connectivity index (χ1) is 8.70. The van der Waals surface area contributed by atoms with Crippen molar-refractivity contribution in [3.05, 3.63) is 39.2 Å².